The van der Waals surface area contributed by atoms with Crippen molar-refractivity contribution in [3.63, 3.8) is 0 Å². The van der Waals surface area contributed by atoms with E-state index in [2.05, 4.69) is 5.32 Å². The summed E-state index contributed by atoms with van der Waals surface area (Å²) in [6.07, 6.45) is -112. The van der Waals surface area contributed by atoms with Crippen LogP contribution in [-0.2, 0) is 99.2 Å². The molecular weight excluding hydrogens is 1670 g/mol. The smallest absolute Gasteiger partial charge is 0.469 e. The molecule has 0 radical (unpaired) electrons. The predicted molar refractivity (Wildman–Crippen MR) is 355 cm³/mol. The number of carbonyl (C=O) groups excluding carboxylic acids is 1. The summed E-state index contributed by atoms with van der Waals surface area (Å²) < 4.78 is 115. The van der Waals surface area contributed by atoms with Crippen LogP contribution in [0.15, 0.2) is 0 Å². The van der Waals surface area contributed by atoms with Gasteiger partial charge in [0.25, 0.3) is 5.79 Å². The number of amides is 1. The summed E-state index contributed by atoms with van der Waals surface area (Å²) >= 11 is 0. The fourth-order valence-electron chi connectivity index (χ4n) is 14.8. The Balaban J connectivity index is 0.996. The summed E-state index contributed by atoms with van der Waals surface area (Å²) in [5, 5.41) is 354. The Bertz CT molecular complexity index is 3190. The van der Waals surface area contributed by atoms with Crippen molar-refractivity contribution in [3.8, 4) is 0 Å². The fourth-order valence-corrected chi connectivity index (χ4v) is 15.4. The topological polar surface area (TPSA) is 917 Å². The minimum absolute atomic E-state index is 0.929. The molecule has 0 aliphatic carbocycles. The van der Waals surface area contributed by atoms with E-state index in [0.717, 1.165) is 6.92 Å². The van der Waals surface area contributed by atoms with Gasteiger partial charge in [-0.1, -0.05) is 0 Å². The second-order valence-electron chi connectivity index (χ2n) is 29.5. The molecule has 9 fully saturated rings. The van der Waals surface area contributed by atoms with Gasteiger partial charge in [0.05, 0.1) is 59.5 Å². The average Bonchev–Trinajstić information content (AvgIpc) is 0.770. The molecule has 35 N–H and O–H groups in total. The first-order valence-electron chi connectivity index (χ1n) is 36.8. The molecule has 0 bridgehead atoms. The van der Waals surface area contributed by atoms with E-state index in [0.29, 0.717) is 0 Å². The lowest BCUT2D eigenvalue weighted by Crippen LogP contribution is -2.70. The zero-order chi connectivity index (χ0) is 88.4. The van der Waals surface area contributed by atoms with Crippen LogP contribution in [0.4, 0.5) is 0 Å². The Morgan fingerprint density at radius 2 is 0.731 bits per heavy atom. The predicted octanol–water partition coefficient (Wildman–Crippen LogP) is -23.1. The summed E-state index contributed by atoms with van der Waals surface area (Å²) in [7, 11) is -5.96. The van der Waals surface area contributed by atoms with Gasteiger partial charge in [0.2, 0.25) is 5.91 Å². The lowest BCUT2D eigenvalue weighted by molar-refractivity contribution is -0.415. The van der Waals surface area contributed by atoms with E-state index < -0.39 is 386 Å². The van der Waals surface area contributed by atoms with Gasteiger partial charge in [-0.2, -0.15) is 0 Å². The Kier molecular flexibility index (Phi) is 35.6. The van der Waals surface area contributed by atoms with Crippen molar-refractivity contribution in [1.82, 2.24) is 5.32 Å². The number of hydrogen-bond donors (Lipinski definition) is 35. The third kappa shape index (κ3) is 21.9. The van der Waals surface area contributed by atoms with Crippen molar-refractivity contribution < 1.29 is 272 Å². The summed E-state index contributed by atoms with van der Waals surface area (Å²) in [5.41, 5.74) is 0. The van der Waals surface area contributed by atoms with Crippen LogP contribution in [0.3, 0.4) is 0 Å². The Labute approximate surface area is 668 Å². The third-order valence-corrected chi connectivity index (χ3v) is 21.8. The number of carboxylic acids is 1. The first-order chi connectivity index (χ1) is 55.9. The van der Waals surface area contributed by atoms with Crippen LogP contribution in [-0.4, -0.2) is 545 Å². The van der Waals surface area contributed by atoms with Gasteiger partial charge in [-0.15, -0.1) is 0 Å². The van der Waals surface area contributed by atoms with Crippen LogP contribution in [0, 0.1) is 0 Å². The van der Waals surface area contributed by atoms with E-state index in [9.17, 15) is 187 Å². The normalized spacial score (nSPS) is 48.4. The van der Waals surface area contributed by atoms with Crippen LogP contribution in [0.2, 0.25) is 0 Å². The number of ether oxygens (including phenoxy) is 17. The molecule has 0 aromatic carbocycles. The number of aliphatic hydroxyl groups excluding tert-OH is 30. The van der Waals surface area contributed by atoms with Gasteiger partial charge >= 0.3 is 13.8 Å². The highest BCUT2D eigenvalue weighted by Gasteiger charge is 2.64. The first kappa shape index (κ1) is 99.9. The van der Waals surface area contributed by atoms with Gasteiger partial charge in [0.1, 0.15) is 244 Å². The molecule has 9 saturated heterocycles. The highest BCUT2D eigenvalue weighted by molar-refractivity contribution is 7.46. The van der Waals surface area contributed by atoms with Crippen molar-refractivity contribution in [3.05, 3.63) is 0 Å². The van der Waals surface area contributed by atoms with Crippen LogP contribution in [0.5, 0.6) is 0 Å². The monoisotopic (exact) mass is 1780 g/mol. The second kappa shape index (κ2) is 42.4. The summed E-state index contributed by atoms with van der Waals surface area (Å²) in [5.74, 6) is -6.83. The molecule has 56 nitrogen and oxygen atoms in total. The Hall–Kier alpha value is -2.87. The van der Waals surface area contributed by atoms with Crippen molar-refractivity contribution in [2.24, 2.45) is 0 Å². The highest BCUT2D eigenvalue weighted by Crippen LogP contribution is 2.47. The number of rotatable bonds is 34. The molecule has 694 valence electrons. The molecule has 9 aliphatic rings. The van der Waals surface area contributed by atoms with Crippen LogP contribution in [0.25, 0.3) is 0 Å². The molecule has 9 heterocycles. The first-order valence-corrected chi connectivity index (χ1v) is 38.4. The highest BCUT2D eigenvalue weighted by atomic mass is 31.2. The van der Waals surface area contributed by atoms with Crippen molar-refractivity contribution >= 4 is 19.7 Å². The average molecular weight is 1780 g/mol. The van der Waals surface area contributed by atoms with Gasteiger partial charge < -0.3 is 259 Å². The summed E-state index contributed by atoms with van der Waals surface area (Å²) in [6.45, 7) is -10.5. The lowest BCUT2D eigenvalue weighted by atomic mass is 9.91. The van der Waals surface area contributed by atoms with E-state index in [1.165, 1.54) is 0 Å². The number of phosphoric acid groups is 1. The molecule has 57 heteroatoms. The van der Waals surface area contributed by atoms with Crippen LogP contribution in [0.1, 0.15) is 13.3 Å². The number of nitrogens with one attached hydrogen (secondary N) is 1. The number of carboxylic acid groups (broad SMARTS) is 1. The number of carbonyl (C=O) groups is 2. The summed E-state index contributed by atoms with van der Waals surface area (Å²) in [4.78, 5) is 45.1. The minimum Gasteiger partial charge on any atom is -0.477 e. The Morgan fingerprint density at radius 3 is 1.25 bits per heavy atom. The third-order valence-electron chi connectivity index (χ3n) is 21.3. The lowest BCUT2D eigenvalue weighted by Gasteiger charge is -2.52. The number of hydrogen-bond acceptors (Lipinski definition) is 52. The molecule has 0 saturated carbocycles. The maximum absolute atomic E-state index is 12.7. The van der Waals surface area contributed by atoms with Gasteiger partial charge in [-0.3, -0.25) is 9.32 Å². The van der Waals surface area contributed by atoms with Crippen LogP contribution < -0.4 is 5.32 Å². The fraction of sp³-hybridized carbons (Fsp3) is 0.968. The molecule has 0 aromatic heterocycles. The number of aliphatic carboxylic acids is 1. The molecule has 0 aromatic rings. The molecule has 9 rings (SSSR count). The second-order valence-corrected chi connectivity index (χ2v) is 30.7. The largest absolute Gasteiger partial charge is 0.477 e. The SMILES string of the molecule is CC(=O)N[C@H]1[C@H](O[C@H]2[C@@H](O)[C@@H](CO)O[C@@H](O[C@H]3[C@H](O)[C@H](O)[C@@H](OC[C@H]4O[C@@H](O[C@H]5[C@H](O[C@H]6O[C@H]([C@@H](O)CO)[C@@H](O)[C@H](O)[C@@H]6O[C@H]6O[C@H]([C@@H](O)CO)[C@@H](O)[C@H](O)[C@@H]6O)[C@H](O)[C@@H](O[C@H]6[C@@H]([C@H](O)CO)O[C@@](O)(C(=O)O)C[C@H]6OP(=O)(O)O)O[C@@H]5[C@@H](O)CO)[C@H](O)[C@@H](O)[C@@H]4O)O[C@@H]3[C@H](O)CO)[C@@H]2O)O[C@H](CO)[C@@H](O[C@@H]2O[C@H](CO)[C@H](O)[C@H](O)[C@H]2O)[C@@H]1O. The molecule has 119 heavy (non-hydrogen) atoms. The zero-order valence-corrected chi connectivity index (χ0v) is 62.9. The Morgan fingerprint density at radius 1 is 0.370 bits per heavy atom. The van der Waals surface area contributed by atoms with Gasteiger partial charge in [0, 0.05) is 13.3 Å². The van der Waals surface area contributed by atoms with Crippen molar-refractivity contribution in [2.75, 3.05) is 59.5 Å². The van der Waals surface area contributed by atoms with E-state index >= 15 is 0 Å². The van der Waals surface area contributed by atoms with Gasteiger partial charge in [0.15, 0.2) is 50.3 Å². The quantitative estimate of drug-likeness (QED) is 0.0266. The maximum atomic E-state index is 12.7. The van der Waals surface area contributed by atoms with E-state index in [-0.39, 0.29) is 0 Å². The van der Waals surface area contributed by atoms with Gasteiger partial charge in [-0.25, -0.2) is 9.36 Å². The standard InChI is InChI=1S/C62H106NO55P/c1-12(72)63-23-27(81)46(110-55-35(89)28(82)24(78)19(8-69)102-55)21(10-71)104-53(23)112-48-26(80)20(9-70)103-58(39(48)93)113-49-34(88)38(92)54(108-43(49)15(75)5-66)101-11-22-25(79)29(83)36(90)56(105-22)116-52-44(16(76)6-67)109-59(111-47-18(118-119(98,99)100)2-62(97,61(95)96)117-45(47)17(77)7-68)40(94)50(52)114-60-51(33(87)32(86)42(107-60)14(74)4-65)115-57-37(91)30(84)31(85)41(106-57)13(73)3-64/h13-60,64-71,73-94,97H,2-11H2,1H3,(H,63,72)(H,95,96)(H2,98,99,100)/t13-,14-,15+,16-,17+,18+,19+,20+,21+,22+,23+,24-,25+,26-,27+,28-,29-,30-,31-,32-,33-,34+,35+,36+,37-,38-,39+,40-,41+,42+,43+,44+,45+,46+,47+,48-,49-,50+,51-,52+,53-,54-,55-,56-,57+,58-,59+,60+,62+/m0/s1. The maximum Gasteiger partial charge on any atom is 0.469 e. The molecule has 0 spiro atoms. The van der Waals surface area contributed by atoms with Gasteiger partial charge in [-0.05, 0) is 0 Å². The molecule has 9 aliphatic heterocycles. The van der Waals surface area contributed by atoms with E-state index in [1.54, 1.807) is 0 Å². The summed E-state index contributed by atoms with van der Waals surface area (Å²) in [6, 6.07) is -1.87. The number of phosphoric ester groups is 1. The molecule has 49 atom stereocenters. The van der Waals surface area contributed by atoms with E-state index in [1.807, 2.05) is 0 Å². The van der Waals surface area contributed by atoms with Crippen molar-refractivity contribution in [2.45, 2.75) is 314 Å². The van der Waals surface area contributed by atoms with Crippen molar-refractivity contribution in [1.29, 1.82) is 0 Å². The number of aliphatic hydroxyl groups is 31. The molecule has 1 amide bonds. The molecular formula is C62H106NO55P. The zero-order valence-electron chi connectivity index (χ0n) is 62.0. The van der Waals surface area contributed by atoms with Crippen LogP contribution >= 0.6 is 7.82 Å². The molecule has 0 unspecified atom stereocenters. The van der Waals surface area contributed by atoms with E-state index in [4.69, 9.17) is 85.1 Å². The minimum atomic E-state index is -5.96.